The number of hydrazone groups is 1. The normalized spacial score (nSPS) is 14.4. The van der Waals surface area contributed by atoms with Crippen LogP contribution in [0.15, 0.2) is 51.5 Å². The zero-order valence-electron chi connectivity index (χ0n) is 19.6. The van der Waals surface area contributed by atoms with E-state index < -0.39 is 40.7 Å². The number of halogens is 6. The molecule has 0 fully saturated rings. The Hall–Kier alpha value is -3.73. The van der Waals surface area contributed by atoms with Crippen molar-refractivity contribution in [2.24, 2.45) is 5.10 Å². The Labute approximate surface area is 216 Å². The van der Waals surface area contributed by atoms with Gasteiger partial charge >= 0.3 is 0 Å². The molecule has 0 saturated carbocycles. The SMILES string of the molecule is COc1cc(/C=C2/C(=O)N(c3c(F)c(F)c(F)c(F)c3F)N=C2C)c(Br)cc1OCc1cccc(C)c1. The third kappa shape index (κ3) is 4.95. The Morgan fingerprint density at radius 3 is 2.22 bits per heavy atom. The quantitative estimate of drug-likeness (QED) is 0.139. The van der Waals surface area contributed by atoms with Crippen LogP contribution in [0, 0.1) is 36.0 Å². The van der Waals surface area contributed by atoms with E-state index in [0.29, 0.717) is 21.5 Å². The fourth-order valence-electron chi connectivity index (χ4n) is 3.67. The molecular formula is C26H18BrF5N2O3. The monoisotopic (exact) mass is 580 g/mol. The van der Waals surface area contributed by atoms with Gasteiger partial charge in [0.05, 0.1) is 18.4 Å². The van der Waals surface area contributed by atoms with Gasteiger partial charge in [-0.2, -0.15) is 10.1 Å². The Kier molecular flexibility index (Phi) is 7.35. The number of methoxy groups -OCH3 is 1. The van der Waals surface area contributed by atoms with Crippen molar-refractivity contribution < 1.29 is 36.2 Å². The van der Waals surface area contributed by atoms with Crippen LogP contribution in [-0.4, -0.2) is 18.7 Å². The molecule has 1 amide bonds. The van der Waals surface area contributed by atoms with E-state index in [-0.39, 0.29) is 22.9 Å². The van der Waals surface area contributed by atoms with E-state index in [2.05, 4.69) is 21.0 Å². The highest BCUT2D eigenvalue weighted by Gasteiger charge is 2.37. The largest absolute Gasteiger partial charge is 0.493 e. The van der Waals surface area contributed by atoms with Gasteiger partial charge in [-0.3, -0.25) is 4.79 Å². The predicted molar refractivity (Wildman–Crippen MR) is 131 cm³/mol. The van der Waals surface area contributed by atoms with Crippen LogP contribution in [0.4, 0.5) is 27.6 Å². The number of benzene rings is 3. The second kappa shape index (κ2) is 10.3. The van der Waals surface area contributed by atoms with Crippen molar-refractivity contribution in [2.75, 3.05) is 12.1 Å². The average molecular weight is 581 g/mol. The molecule has 0 aromatic heterocycles. The Morgan fingerprint density at radius 2 is 1.59 bits per heavy atom. The van der Waals surface area contributed by atoms with E-state index in [1.54, 1.807) is 12.1 Å². The summed E-state index contributed by atoms with van der Waals surface area (Å²) < 4.78 is 81.2. The van der Waals surface area contributed by atoms with Crippen LogP contribution < -0.4 is 14.5 Å². The lowest BCUT2D eigenvalue weighted by Crippen LogP contribution is -2.25. The summed E-state index contributed by atoms with van der Waals surface area (Å²) in [7, 11) is 1.43. The van der Waals surface area contributed by atoms with E-state index >= 15 is 0 Å². The molecule has 3 aromatic rings. The van der Waals surface area contributed by atoms with Gasteiger partial charge in [-0.15, -0.1) is 0 Å². The fourth-order valence-corrected chi connectivity index (χ4v) is 4.10. The molecule has 0 atom stereocenters. The summed E-state index contributed by atoms with van der Waals surface area (Å²) in [5.74, 6) is -11.4. The molecule has 1 aliphatic heterocycles. The number of amides is 1. The van der Waals surface area contributed by atoms with Crippen molar-refractivity contribution in [3.8, 4) is 11.5 Å². The Bertz CT molecular complexity index is 1460. The zero-order valence-corrected chi connectivity index (χ0v) is 21.2. The van der Waals surface area contributed by atoms with Crippen molar-refractivity contribution in [3.63, 3.8) is 0 Å². The second-order valence-corrected chi connectivity index (χ2v) is 8.94. The molecule has 5 nitrogen and oxygen atoms in total. The van der Waals surface area contributed by atoms with E-state index in [9.17, 15) is 26.7 Å². The van der Waals surface area contributed by atoms with Gasteiger partial charge in [0.2, 0.25) is 5.82 Å². The van der Waals surface area contributed by atoms with E-state index in [4.69, 9.17) is 9.47 Å². The van der Waals surface area contributed by atoms with Gasteiger partial charge in [-0.05, 0) is 43.2 Å². The molecule has 1 aliphatic rings. The number of aryl methyl sites for hydroxylation is 1. The topological polar surface area (TPSA) is 51.1 Å². The lowest BCUT2D eigenvalue weighted by atomic mass is 10.1. The smallest absolute Gasteiger partial charge is 0.280 e. The number of nitrogens with zero attached hydrogens (tertiary/aromatic N) is 2. The molecule has 1 heterocycles. The molecule has 0 aliphatic carbocycles. The van der Waals surface area contributed by atoms with E-state index in [1.165, 1.54) is 20.1 Å². The number of hydrogen-bond acceptors (Lipinski definition) is 4. The van der Waals surface area contributed by atoms with Crippen molar-refractivity contribution in [3.05, 3.63) is 92.2 Å². The van der Waals surface area contributed by atoms with Crippen LogP contribution >= 0.6 is 15.9 Å². The van der Waals surface area contributed by atoms with Crippen LogP contribution in [0.3, 0.4) is 0 Å². The molecule has 4 rings (SSSR count). The standard InChI is InChI=1S/C26H18BrF5N2O3/c1-12-5-4-6-14(7-12)11-37-19-10-17(27)15(9-18(19)36-3)8-16-13(2)33-34(26(16)35)25-23(31)21(29)20(28)22(30)24(25)32/h4-10H,11H2,1-3H3/b16-8+. The van der Waals surface area contributed by atoms with Crippen LogP contribution in [0.2, 0.25) is 0 Å². The number of rotatable bonds is 6. The number of hydrogen-bond donors (Lipinski definition) is 0. The summed E-state index contributed by atoms with van der Waals surface area (Å²) in [5, 5.41) is 3.89. The highest BCUT2D eigenvalue weighted by molar-refractivity contribution is 9.10. The third-order valence-corrected chi connectivity index (χ3v) is 6.21. The van der Waals surface area contributed by atoms with Gasteiger partial charge in [0.1, 0.15) is 12.3 Å². The minimum atomic E-state index is -2.33. The maximum atomic E-state index is 14.3. The maximum absolute atomic E-state index is 14.3. The molecule has 0 unspecified atom stereocenters. The molecule has 0 spiro atoms. The summed E-state index contributed by atoms with van der Waals surface area (Å²) in [6.45, 7) is 3.60. The van der Waals surface area contributed by atoms with E-state index in [1.807, 2.05) is 31.2 Å². The number of carbonyl (C=O) groups is 1. The predicted octanol–water partition coefficient (Wildman–Crippen LogP) is 6.85. The number of ether oxygens (including phenoxy) is 2. The first kappa shape index (κ1) is 26.3. The molecule has 11 heteroatoms. The van der Waals surface area contributed by atoms with Gasteiger partial charge in [0, 0.05) is 4.47 Å². The summed E-state index contributed by atoms with van der Waals surface area (Å²) in [6.07, 6.45) is 1.35. The average Bonchev–Trinajstić information content (AvgIpc) is 3.14. The Balaban J connectivity index is 1.66. The van der Waals surface area contributed by atoms with Gasteiger partial charge in [-0.1, -0.05) is 45.8 Å². The highest BCUT2D eigenvalue weighted by Crippen LogP contribution is 2.37. The van der Waals surface area contributed by atoms with Crippen molar-refractivity contribution >= 4 is 39.3 Å². The zero-order chi connectivity index (χ0) is 27.0. The molecule has 0 saturated heterocycles. The first-order valence-corrected chi connectivity index (χ1v) is 11.5. The van der Waals surface area contributed by atoms with Gasteiger partial charge in [-0.25, -0.2) is 22.0 Å². The minimum absolute atomic E-state index is 0.000387. The summed E-state index contributed by atoms with van der Waals surface area (Å²) in [6, 6.07) is 10.9. The van der Waals surface area contributed by atoms with Gasteiger partial charge < -0.3 is 9.47 Å². The lowest BCUT2D eigenvalue weighted by Gasteiger charge is -2.15. The molecule has 0 radical (unpaired) electrons. The maximum Gasteiger partial charge on any atom is 0.280 e. The second-order valence-electron chi connectivity index (χ2n) is 8.08. The van der Waals surface area contributed by atoms with E-state index in [0.717, 1.165) is 11.1 Å². The first-order chi connectivity index (χ1) is 17.5. The minimum Gasteiger partial charge on any atom is -0.493 e. The highest BCUT2D eigenvalue weighted by atomic mass is 79.9. The number of carbonyl (C=O) groups excluding carboxylic acids is 1. The van der Waals surface area contributed by atoms with Crippen molar-refractivity contribution in [1.29, 1.82) is 0 Å². The molecule has 192 valence electrons. The summed E-state index contributed by atoms with van der Waals surface area (Å²) in [5.41, 5.74) is 0.854. The molecule has 0 N–H and O–H groups in total. The molecule has 0 bridgehead atoms. The van der Waals surface area contributed by atoms with Crippen LogP contribution in [0.1, 0.15) is 23.6 Å². The molecular weight excluding hydrogens is 563 g/mol. The molecule has 3 aromatic carbocycles. The fraction of sp³-hybridized carbons (Fsp3) is 0.154. The number of anilines is 1. The first-order valence-electron chi connectivity index (χ1n) is 10.7. The summed E-state index contributed by atoms with van der Waals surface area (Å²) >= 11 is 3.40. The van der Waals surface area contributed by atoms with Crippen LogP contribution in [-0.2, 0) is 11.4 Å². The lowest BCUT2D eigenvalue weighted by molar-refractivity contribution is -0.114. The van der Waals surface area contributed by atoms with Gasteiger partial charge in [0.15, 0.2) is 34.8 Å². The van der Waals surface area contributed by atoms with Gasteiger partial charge in [0.25, 0.3) is 5.91 Å². The van der Waals surface area contributed by atoms with Crippen molar-refractivity contribution in [1.82, 2.24) is 0 Å². The molecule has 37 heavy (non-hydrogen) atoms. The van der Waals surface area contributed by atoms with Crippen LogP contribution in [0.5, 0.6) is 11.5 Å². The van der Waals surface area contributed by atoms with Crippen LogP contribution in [0.25, 0.3) is 6.08 Å². The third-order valence-electron chi connectivity index (χ3n) is 5.52. The van der Waals surface area contributed by atoms with Crippen molar-refractivity contribution in [2.45, 2.75) is 20.5 Å². The Morgan fingerprint density at radius 1 is 0.946 bits per heavy atom. The summed E-state index contributed by atoms with van der Waals surface area (Å²) in [4.78, 5) is 13.0.